The molecular formula is C10H15Cl2N3O. The smallest absolute Gasteiger partial charge is 0.271 e. The molecule has 0 saturated carbocycles. The number of nitrogens with one attached hydrogen (secondary N) is 1. The van der Waals surface area contributed by atoms with Gasteiger partial charge >= 0.3 is 0 Å². The molecule has 1 aromatic rings. The summed E-state index contributed by atoms with van der Waals surface area (Å²) in [6.07, 6.45) is 4.44. The van der Waals surface area contributed by atoms with Crippen LogP contribution in [0.3, 0.4) is 0 Å². The van der Waals surface area contributed by atoms with E-state index in [0.717, 1.165) is 25.8 Å². The Hall–Kier alpha value is -0.740. The maximum atomic E-state index is 11.2. The Balaban J connectivity index is 2.56. The fourth-order valence-electron chi connectivity index (χ4n) is 1.37. The van der Waals surface area contributed by atoms with Gasteiger partial charge in [0, 0.05) is 19.5 Å². The minimum atomic E-state index is -0.306. The van der Waals surface area contributed by atoms with Crippen molar-refractivity contribution in [2.24, 2.45) is 0 Å². The summed E-state index contributed by atoms with van der Waals surface area (Å²) in [6, 6.07) is 0. The highest BCUT2D eigenvalue weighted by molar-refractivity contribution is 6.32. The highest BCUT2D eigenvalue weighted by Gasteiger charge is 2.09. The summed E-state index contributed by atoms with van der Waals surface area (Å²) in [5, 5.41) is 0.141. The minimum absolute atomic E-state index is 0.141. The number of aromatic amines is 1. The molecule has 0 atom stereocenters. The van der Waals surface area contributed by atoms with Gasteiger partial charge in [-0.25, -0.2) is 4.98 Å². The number of anilines is 1. The van der Waals surface area contributed by atoms with Crippen molar-refractivity contribution < 1.29 is 0 Å². The zero-order chi connectivity index (χ0) is 12.0. The van der Waals surface area contributed by atoms with Crippen LogP contribution in [0.15, 0.2) is 11.1 Å². The molecule has 0 saturated heterocycles. The van der Waals surface area contributed by atoms with Crippen molar-refractivity contribution in [3.63, 3.8) is 0 Å². The Bertz CT molecular complexity index is 381. The first-order valence-electron chi connectivity index (χ1n) is 5.17. The van der Waals surface area contributed by atoms with Gasteiger partial charge in [-0.1, -0.05) is 18.0 Å². The highest BCUT2D eigenvalue weighted by Crippen LogP contribution is 2.17. The summed E-state index contributed by atoms with van der Waals surface area (Å²) >= 11 is 11.4. The quantitative estimate of drug-likeness (QED) is 0.633. The lowest BCUT2D eigenvalue weighted by atomic mass is 10.2. The third-order valence-electron chi connectivity index (χ3n) is 2.27. The van der Waals surface area contributed by atoms with Gasteiger partial charge in [-0.2, -0.15) is 0 Å². The zero-order valence-electron chi connectivity index (χ0n) is 9.17. The molecule has 0 bridgehead atoms. The molecule has 1 rings (SSSR count). The number of rotatable bonds is 6. The number of unbranched alkanes of at least 4 members (excludes halogenated alkanes) is 2. The van der Waals surface area contributed by atoms with Crippen LogP contribution in [-0.2, 0) is 0 Å². The summed E-state index contributed by atoms with van der Waals surface area (Å²) in [4.78, 5) is 19.6. The Morgan fingerprint density at radius 2 is 2.19 bits per heavy atom. The molecule has 0 unspecified atom stereocenters. The number of H-pyrrole nitrogens is 1. The van der Waals surface area contributed by atoms with Crippen molar-refractivity contribution in [1.82, 2.24) is 9.97 Å². The van der Waals surface area contributed by atoms with Crippen LogP contribution in [0.4, 0.5) is 5.82 Å². The number of nitrogens with zero attached hydrogens (tertiary/aromatic N) is 2. The molecule has 4 nitrogen and oxygen atoms in total. The number of halogens is 2. The molecule has 0 spiro atoms. The average molecular weight is 264 g/mol. The second-order valence-electron chi connectivity index (χ2n) is 3.54. The Kier molecular flexibility index (Phi) is 5.63. The maximum absolute atomic E-state index is 11.2. The van der Waals surface area contributed by atoms with Gasteiger partial charge in [-0.3, -0.25) is 4.79 Å². The lowest BCUT2D eigenvalue weighted by Crippen LogP contribution is -2.23. The van der Waals surface area contributed by atoms with Crippen LogP contribution < -0.4 is 10.5 Å². The van der Waals surface area contributed by atoms with Gasteiger partial charge in [-0.15, -0.1) is 11.6 Å². The van der Waals surface area contributed by atoms with Crippen molar-refractivity contribution in [1.29, 1.82) is 0 Å². The van der Waals surface area contributed by atoms with Crippen LogP contribution >= 0.6 is 23.2 Å². The maximum Gasteiger partial charge on any atom is 0.271 e. The molecule has 1 heterocycles. The monoisotopic (exact) mass is 263 g/mol. The van der Waals surface area contributed by atoms with Crippen LogP contribution in [0.2, 0.25) is 5.02 Å². The summed E-state index contributed by atoms with van der Waals surface area (Å²) in [5.74, 6) is 1.21. The van der Waals surface area contributed by atoms with E-state index in [1.54, 1.807) is 0 Å². The van der Waals surface area contributed by atoms with Gasteiger partial charge in [0.1, 0.15) is 5.02 Å². The lowest BCUT2D eigenvalue weighted by Gasteiger charge is -2.18. The second kappa shape index (κ2) is 6.76. The molecule has 0 radical (unpaired) electrons. The second-order valence-corrected chi connectivity index (χ2v) is 4.30. The Morgan fingerprint density at radius 1 is 1.44 bits per heavy atom. The average Bonchev–Trinajstić information content (AvgIpc) is 2.28. The van der Waals surface area contributed by atoms with Crippen molar-refractivity contribution in [2.45, 2.75) is 19.3 Å². The van der Waals surface area contributed by atoms with E-state index in [4.69, 9.17) is 23.2 Å². The van der Waals surface area contributed by atoms with E-state index in [0.29, 0.717) is 11.7 Å². The topological polar surface area (TPSA) is 49.0 Å². The van der Waals surface area contributed by atoms with E-state index in [2.05, 4.69) is 9.97 Å². The predicted molar refractivity (Wildman–Crippen MR) is 67.7 cm³/mol. The SMILES string of the molecule is CN(CCCCCCl)c1nc[nH]c(=O)c1Cl. The van der Waals surface area contributed by atoms with E-state index in [1.807, 2.05) is 11.9 Å². The van der Waals surface area contributed by atoms with Crippen molar-refractivity contribution in [3.8, 4) is 0 Å². The third kappa shape index (κ3) is 3.68. The van der Waals surface area contributed by atoms with Gasteiger partial charge in [-0.05, 0) is 12.8 Å². The van der Waals surface area contributed by atoms with Gasteiger partial charge in [0.2, 0.25) is 0 Å². The van der Waals surface area contributed by atoms with Crippen LogP contribution in [0.1, 0.15) is 19.3 Å². The van der Waals surface area contributed by atoms with E-state index in [9.17, 15) is 4.79 Å². The molecule has 16 heavy (non-hydrogen) atoms. The Labute approximate surface area is 105 Å². The number of aromatic nitrogens is 2. The molecule has 90 valence electrons. The molecule has 1 aromatic heterocycles. The molecule has 1 N–H and O–H groups in total. The molecular weight excluding hydrogens is 249 g/mol. The predicted octanol–water partition coefficient (Wildman–Crippen LogP) is 2.27. The molecule has 6 heteroatoms. The molecule has 0 aliphatic carbocycles. The van der Waals surface area contributed by atoms with Gasteiger partial charge in [0.05, 0.1) is 6.33 Å². The van der Waals surface area contributed by atoms with Crippen LogP contribution in [0.5, 0.6) is 0 Å². The highest BCUT2D eigenvalue weighted by atomic mass is 35.5. The third-order valence-corrected chi connectivity index (χ3v) is 2.87. The van der Waals surface area contributed by atoms with Crippen molar-refractivity contribution in [2.75, 3.05) is 24.4 Å². The van der Waals surface area contributed by atoms with Crippen molar-refractivity contribution in [3.05, 3.63) is 21.7 Å². The van der Waals surface area contributed by atoms with E-state index in [1.165, 1.54) is 6.33 Å². The van der Waals surface area contributed by atoms with E-state index >= 15 is 0 Å². The molecule has 0 aliphatic rings. The van der Waals surface area contributed by atoms with Crippen LogP contribution in [0.25, 0.3) is 0 Å². The minimum Gasteiger partial charge on any atom is -0.358 e. The molecule has 0 aliphatic heterocycles. The Morgan fingerprint density at radius 3 is 2.88 bits per heavy atom. The lowest BCUT2D eigenvalue weighted by molar-refractivity contribution is 0.703. The number of hydrogen-bond acceptors (Lipinski definition) is 3. The number of alkyl halides is 1. The van der Waals surface area contributed by atoms with E-state index < -0.39 is 0 Å². The largest absolute Gasteiger partial charge is 0.358 e. The molecule has 0 aromatic carbocycles. The summed E-state index contributed by atoms with van der Waals surface area (Å²) in [6.45, 7) is 0.813. The van der Waals surface area contributed by atoms with Crippen LogP contribution in [0, 0.1) is 0 Å². The first-order chi connectivity index (χ1) is 7.66. The normalized spacial score (nSPS) is 10.4. The van der Waals surface area contributed by atoms with Gasteiger partial charge < -0.3 is 9.88 Å². The first-order valence-corrected chi connectivity index (χ1v) is 6.08. The standard InChI is InChI=1S/C10H15Cl2N3O/c1-15(6-4-2-3-5-11)9-8(12)10(16)14-7-13-9/h7H,2-6H2,1H3,(H,13,14,16). The summed E-state index contributed by atoms with van der Waals surface area (Å²) in [7, 11) is 1.87. The molecule has 0 fully saturated rings. The molecule has 0 amide bonds. The fourth-order valence-corrected chi connectivity index (χ4v) is 1.80. The van der Waals surface area contributed by atoms with Crippen molar-refractivity contribution >= 4 is 29.0 Å². The van der Waals surface area contributed by atoms with Gasteiger partial charge in [0.25, 0.3) is 5.56 Å². The summed E-state index contributed by atoms with van der Waals surface area (Å²) in [5.41, 5.74) is -0.306. The fraction of sp³-hybridized carbons (Fsp3) is 0.600. The van der Waals surface area contributed by atoms with Crippen LogP contribution in [-0.4, -0.2) is 29.4 Å². The first kappa shape index (κ1) is 13.3. The van der Waals surface area contributed by atoms with E-state index in [-0.39, 0.29) is 10.6 Å². The zero-order valence-corrected chi connectivity index (χ0v) is 10.7. The number of hydrogen-bond donors (Lipinski definition) is 1. The van der Waals surface area contributed by atoms with Gasteiger partial charge in [0.15, 0.2) is 5.82 Å². The summed E-state index contributed by atoms with van der Waals surface area (Å²) < 4.78 is 0.